The predicted octanol–water partition coefficient (Wildman–Crippen LogP) is 5.58. The van der Waals surface area contributed by atoms with Gasteiger partial charge in [0.2, 0.25) is 0 Å². The quantitative estimate of drug-likeness (QED) is 0.571. The van der Waals surface area contributed by atoms with E-state index in [1.807, 2.05) is 0 Å². The van der Waals surface area contributed by atoms with E-state index in [1.54, 1.807) is 11.3 Å². The van der Waals surface area contributed by atoms with Gasteiger partial charge in [-0.2, -0.15) is 0 Å². The van der Waals surface area contributed by atoms with Crippen LogP contribution in [0.3, 0.4) is 0 Å². The Morgan fingerprint density at radius 3 is 2.76 bits per heavy atom. The molecule has 1 fully saturated rings. The molecule has 0 atom stereocenters. The highest BCUT2D eigenvalue weighted by atomic mass is 127. The molecule has 0 amide bonds. The minimum Gasteiger partial charge on any atom is -0.369 e. The first-order valence-electron chi connectivity index (χ1n) is 7.17. The molecular formula is C15H17BrIN3S. The summed E-state index contributed by atoms with van der Waals surface area (Å²) in [6, 6.07) is 2.13. The fraction of sp³-hybridized carbons (Fsp3) is 0.467. The van der Waals surface area contributed by atoms with Gasteiger partial charge in [0.25, 0.3) is 0 Å². The summed E-state index contributed by atoms with van der Waals surface area (Å²) in [6.07, 6.45) is 3.61. The Balaban J connectivity index is 2.05. The Hall–Kier alpha value is -0.210. The minimum absolute atomic E-state index is 0.630. The van der Waals surface area contributed by atoms with Gasteiger partial charge in [0.15, 0.2) is 5.82 Å². The van der Waals surface area contributed by atoms with Gasteiger partial charge in [0.05, 0.1) is 14.1 Å². The number of halogens is 2. The topological polar surface area (TPSA) is 37.8 Å². The highest BCUT2D eigenvalue weighted by molar-refractivity contribution is 14.1. The number of anilines is 1. The minimum atomic E-state index is 0.630. The molecule has 0 spiro atoms. The summed E-state index contributed by atoms with van der Waals surface area (Å²) in [6.45, 7) is 5.23. The number of aryl methyl sites for hydroxylation is 1. The highest BCUT2D eigenvalue weighted by Gasteiger charge is 2.29. The second-order valence-electron chi connectivity index (χ2n) is 5.31. The molecule has 1 saturated carbocycles. The van der Waals surface area contributed by atoms with Gasteiger partial charge in [0.1, 0.15) is 5.82 Å². The third-order valence-corrected chi connectivity index (χ3v) is 6.66. The number of nitrogens with zero attached hydrogens (tertiary/aromatic N) is 2. The van der Waals surface area contributed by atoms with Gasteiger partial charge in [-0.05, 0) is 70.8 Å². The zero-order chi connectivity index (χ0) is 15.0. The lowest BCUT2D eigenvalue weighted by atomic mass is 10.2. The molecule has 0 bridgehead atoms. The van der Waals surface area contributed by atoms with E-state index in [4.69, 9.17) is 9.97 Å². The van der Waals surface area contributed by atoms with Crippen LogP contribution in [0.5, 0.6) is 0 Å². The van der Waals surface area contributed by atoms with E-state index < -0.39 is 0 Å². The Kier molecular flexibility index (Phi) is 4.85. The van der Waals surface area contributed by atoms with Crippen molar-refractivity contribution in [1.29, 1.82) is 0 Å². The molecule has 2 aromatic heterocycles. The van der Waals surface area contributed by atoms with Crippen LogP contribution in [0.15, 0.2) is 10.5 Å². The third-order valence-electron chi connectivity index (χ3n) is 3.46. The van der Waals surface area contributed by atoms with Crippen LogP contribution in [0.1, 0.15) is 42.7 Å². The van der Waals surface area contributed by atoms with E-state index in [-0.39, 0.29) is 0 Å². The molecule has 0 aliphatic heterocycles. The molecule has 1 aliphatic rings. The Labute approximate surface area is 151 Å². The van der Waals surface area contributed by atoms with E-state index in [0.29, 0.717) is 5.92 Å². The predicted molar refractivity (Wildman–Crippen MR) is 101 cm³/mol. The molecule has 6 heteroatoms. The molecule has 1 N–H and O–H groups in total. The lowest BCUT2D eigenvalue weighted by Gasteiger charge is -2.11. The maximum Gasteiger partial charge on any atom is 0.171 e. The molecule has 2 heterocycles. The van der Waals surface area contributed by atoms with Crippen molar-refractivity contribution in [2.24, 2.45) is 0 Å². The van der Waals surface area contributed by atoms with Crippen LogP contribution in [0.2, 0.25) is 0 Å². The van der Waals surface area contributed by atoms with Crippen LogP contribution in [-0.2, 0) is 0 Å². The van der Waals surface area contributed by atoms with Crippen LogP contribution in [0.25, 0.3) is 10.7 Å². The summed E-state index contributed by atoms with van der Waals surface area (Å²) in [5, 5.41) is 3.45. The molecule has 0 saturated heterocycles. The first-order valence-corrected chi connectivity index (χ1v) is 9.86. The first-order chi connectivity index (χ1) is 10.1. The SMILES string of the molecule is CCCNc1nc(-c2cc(Br)c(C)s2)nc(C2CC2)c1I. The van der Waals surface area contributed by atoms with Crippen molar-refractivity contribution in [1.82, 2.24) is 9.97 Å². The van der Waals surface area contributed by atoms with Gasteiger partial charge in [0, 0.05) is 21.8 Å². The zero-order valence-electron chi connectivity index (χ0n) is 12.0. The van der Waals surface area contributed by atoms with E-state index in [0.717, 1.165) is 34.0 Å². The van der Waals surface area contributed by atoms with Crippen LogP contribution in [-0.4, -0.2) is 16.5 Å². The maximum absolute atomic E-state index is 4.86. The molecule has 1 aliphatic carbocycles. The summed E-state index contributed by atoms with van der Waals surface area (Å²) in [7, 11) is 0. The molecular weight excluding hydrogens is 461 g/mol. The van der Waals surface area contributed by atoms with Crippen LogP contribution < -0.4 is 5.32 Å². The van der Waals surface area contributed by atoms with Crippen LogP contribution >= 0.6 is 49.9 Å². The summed E-state index contributed by atoms with van der Waals surface area (Å²) < 4.78 is 2.33. The fourth-order valence-electron chi connectivity index (χ4n) is 2.13. The van der Waals surface area contributed by atoms with Crippen molar-refractivity contribution in [3.63, 3.8) is 0 Å². The second-order valence-corrected chi connectivity index (χ2v) is 8.50. The molecule has 0 radical (unpaired) electrons. The van der Waals surface area contributed by atoms with Crippen LogP contribution in [0, 0.1) is 10.5 Å². The smallest absolute Gasteiger partial charge is 0.171 e. The average Bonchev–Trinajstić information content (AvgIpc) is 3.24. The lowest BCUT2D eigenvalue weighted by Crippen LogP contribution is -2.08. The zero-order valence-corrected chi connectivity index (χ0v) is 16.6. The van der Waals surface area contributed by atoms with Gasteiger partial charge < -0.3 is 5.32 Å². The maximum atomic E-state index is 4.86. The van der Waals surface area contributed by atoms with Crippen molar-refractivity contribution in [3.8, 4) is 10.7 Å². The van der Waals surface area contributed by atoms with Crippen molar-refractivity contribution in [2.45, 2.75) is 39.0 Å². The average molecular weight is 478 g/mol. The number of thiophene rings is 1. The highest BCUT2D eigenvalue weighted by Crippen LogP contribution is 2.43. The standard InChI is InChI=1S/C15H17BrIN3S/c1-3-6-18-15-12(17)13(9-4-5-9)19-14(20-15)11-7-10(16)8(2)21-11/h7,9H,3-6H2,1-2H3,(H,18,19,20). The number of rotatable bonds is 5. The van der Waals surface area contributed by atoms with Crippen molar-refractivity contribution in [3.05, 3.63) is 24.7 Å². The fourth-order valence-corrected chi connectivity index (χ4v) is 4.47. The van der Waals surface area contributed by atoms with Crippen molar-refractivity contribution in [2.75, 3.05) is 11.9 Å². The molecule has 3 rings (SSSR count). The van der Waals surface area contributed by atoms with Crippen molar-refractivity contribution >= 4 is 55.7 Å². The van der Waals surface area contributed by atoms with E-state index in [9.17, 15) is 0 Å². The van der Waals surface area contributed by atoms with Gasteiger partial charge in [-0.3, -0.25) is 0 Å². The second kappa shape index (κ2) is 6.50. The summed E-state index contributed by atoms with van der Waals surface area (Å²) in [5.41, 5.74) is 1.22. The van der Waals surface area contributed by atoms with Crippen molar-refractivity contribution < 1.29 is 0 Å². The summed E-state index contributed by atoms with van der Waals surface area (Å²) in [5.74, 6) is 2.48. The number of aromatic nitrogens is 2. The van der Waals surface area contributed by atoms with E-state index in [1.165, 1.54) is 27.0 Å². The summed E-state index contributed by atoms with van der Waals surface area (Å²) in [4.78, 5) is 12.0. The molecule has 2 aromatic rings. The number of hydrogen-bond donors (Lipinski definition) is 1. The lowest BCUT2D eigenvalue weighted by molar-refractivity contribution is 0.940. The third kappa shape index (κ3) is 3.42. The van der Waals surface area contributed by atoms with Gasteiger partial charge in [-0.15, -0.1) is 11.3 Å². The van der Waals surface area contributed by atoms with Gasteiger partial charge >= 0.3 is 0 Å². The van der Waals surface area contributed by atoms with E-state index >= 15 is 0 Å². The normalized spacial score (nSPS) is 14.5. The molecule has 3 nitrogen and oxygen atoms in total. The van der Waals surface area contributed by atoms with Crippen LogP contribution in [0.4, 0.5) is 5.82 Å². The largest absolute Gasteiger partial charge is 0.369 e. The first kappa shape index (κ1) is 15.7. The van der Waals surface area contributed by atoms with Gasteiger partial charge in [-0.25, -0.2) is 9.97 Å². The Morgan fingerprint density at radius 2 is 2.19 bits per heavy atom. The Bertz CT molecular complexity index is 648. The molecule has 21 heavy (non-hydrogen) atoms. The monoisotopic (exact) mass is 477 g/mol. The molecule has 112 valence electrons. The number of hydrogen-bond acceptors (Lipinski definition) is 4. The molecule has 0 aromatic carbocycles. The van der Waals surface area contributed by atoms with Gasteiger partial charge in [-0.1, -0.05) is 6.92 Å². The molecule has 0 unspecified atom stereocenters. The summed E-state index contributed by atoms with van der Waals surface area (Å²) >= 11 is 7.72. The Morgan fingerprint density at radius 1 is 1.43 bits per heavy atom. The van der Waals surface area contributed by atoms with E-state index in [2.05, 4.69) is 63.8 Å². The number of nitrogens with one attached hydrogen (secondary N) is 1.